The maximum Gasteiger partial charge on any atom is 0.410 e. The molecule has 1 unspecified atom stereocenters. The number of amides is 1. The first-order chi connectivity index (χ1) is 11.1. The molecule has 1 aromatic carbocycles. The quantitative estimate of drug-likeness (QED) is 0.919. The second-order valence-electron chi connectivity index (χ2n) is 5.26. The molecule has 0 saturated carbocycles. The molecule has 1 amide bonds. The van der Waals surface area contributed by atoms with Crippen LogP contribution in [0.3, 0.4) is 0 Å². The number of hydrogen-bond donors (Lipinski definition) is 1. The lowest BCUT2D eigenvalue weighted by molar-refractivity contribution is 0.0673. The highest BCUT2D eigenvalue weighted by molar-refractivity contribution is 5.83. The number of hydrogen-bond acceptors (Lipinski definition) is 5. The summed E-state index contributed by atoms with van der Waals surface area (Å²) >= 11 is 0. The highest BCUT2D eigenvalue weighted by atomic mass is 16.6. The third kappa shape index (κ3) is 3.31. The van der Waals surface area contributed by atoms with Gasteiger partial charge in [-0.15, -0.1) is 0 Å². The van der Waals surface area contributed by atoms with Crippen LogP contribution in [0.4, 0.5) is 4.79 Å². The van der Waals surface area contributed by atoms with Crippen molar-refractivity contribution in [3.8, 4) is 0 Å². The Morgan fingerprint density at radius 1 is 1.30 bits per heavy atom. The Morgan fingerprint density at radius 2 is 2.09 bits per heavy atom. The maximum absolute atomic E-state index is 12.1. The van der Waals surface area contributed by atoms with Gasteiger partial charge in [-0.2, -0.15) is 5.10 Å². The number of aromatic nitrogens is 3. The Labute approximate surface area is 132 Å². The van der Waals surface area contributed by atoms with Gasteiger partial charge in [0.25, 0.3) is 0 Å². The van der Waals surface area contributed by atoms with Gasteiger partial charge < -0.3 is 14.7 Å². The van der Waals surface area contributed by atoms with Crippen LogP contribution in [0.25, 0.3) is 0 Å². The van der Waals surface area contributed by atoms with Gasteiger partial charge in [-0.3, -0.25) is 0 Å². The molecule has 1 aliphatic heterocycles. The van der Waals surface area contributed by atoms with Gasteiger partial charge in [-0.05, 0) is 12.0 Å². The molecule has 8 nitrogen and oxygen atoms in total. The number of ether oxygens (including phenoxy) is 1. The molecule has 0 bridgehead atoms. The zero-order valence-electron chi connectivity index (χ0n) is 12.3. The minimum absolute atomic E-state index is 0.116. The lowest BCUT2D eigenvalue weighted by atomic mass is 10.2. The summed E-state index contributed by atoms with van der Waals surface area (Å²) in [4.78, 5) is 28.5. The van der Waals surface area contributed by atoms with Crippen LogP contribution in [0.1, 0.15) is 28.6 Å². The third-order valence-electron chi connectivity index (χ3n) is 3.74. The standard InChI is InChI=1S/C15H16N4O4/c20-14(21)13-16-10-17-19(13)12-6-7-18(8-12)15(22)23-9-11-4-2-1-3-5-11/h1-5,10,12H,6-9H2,(H,20,21). The Bertz CT molecular complexity index is 701. The largest absolute Gasteiger partial charge is 0.475 e. The average molecular weight is 316 g/mol. The number of carboxylic acid groups (broad SMARTS) is 1. The first-order valence-corrected chi connectivity index (χ1v) is 7.23. The number of carbonyl (C=O) groups is 2. The normalized spacial score (nSPS) is 17.2. The van der Waals surface area contributed by atoms with E-state index in [0.29, 0.717) is 19.5 Å². The summed E-state index contributed by atoms with van der Waals surface area (Å²) < 4.78 is 6.63. The van der Waals surface area contributed by atoms with Crippen molar-refractivity contribution in [1.29, 1.82) is 0 Å². The number of aromatic carboxylic acids is 1. The highest BCUT2D eigenvalue weighted by Crippen LogP contribution is 2.22. The predicted octanol–water partition coefficient (Wildman–Crippen LogP) is 1.56. The van der Waals surface area contributed by atoms with Crippen molar-refractivity contribution in [2.24, 2.45) is 0 Å². The molecule has 0 radical (unpaired) electrons. The monoisotopic (exact) mass is 316 g/mol. The van der Waals surface area contributed by atoms with Crippen molar-refractivity contribution in [2.45, 2.75) is 19.1 Å². The van der Waals surface area contributed by atoms with Gasteiger partial charge in [-0.1, -0.05) is 30.3 Å². The van der Waals surface area contributed by atoms with Crippen molar-refractivity contribution in [1.82, 2.24) is 19.7 Å². The zero-order valence-corrected chi connectivity index (χ0v) is 12.3. The van der Waals surface area contributed by atoms with Gasteiger partial charge >= 0.3 is 12.1 Å². The number of likely N-dealkylation sites (tertiary alicyclic amines) is 1. The molecule has 2 aromatic rings. The van der Waals surface area contributed by atoms with E-state index >= 15 is 0 Å². The van der Waals surface area contributed by atoms with E-state index in [-0.39, 0.29) is 18.5 Å². The minimum atomic E-state index is -1.13. The summed E-state index contributed by atoms with van der Waals surface area (Å²) in [5.41, 5.74) is 0.918. The molecule has 1 saturated heterocycles. The lowest BCUT2D eigenvalue weighted by Crippen LogP contribution is -2.30. The summed E-state index contributed by atoms with van der Waals surface area (Å²) in [6, 6.07) is 9.23. The number of carbonyl (C=O) groups excluding carboxylic acids is 1. The van der Waals surface area contributed by atoms with Crippen molar-refractivity contribution < 1.29 is 19.4 Å². The van der Waals surface area contributed by atoms with E-state index < -0.39 is 12.1 Å². The molecule has 1 atom stereocenters. The van der Waals surface area contributed by atoms with Gasteiger partial charge in [0.05, 0.1) is 6.04 Å². The Hall–Kier alpha value is -2.90. The van der Waals surface area contributed by atoms with Crippen LogP contribution in [0.2, 0.25) is 0 Å². The molecule has 1 N–H and O–H groups in total. The molecule has 3 rings (SSSR count). The van der Waals surface area contributed by atoms with Crippen LogP contribution in [0.15, 0.2) is 36.7 Å². The van der Waals surface area contributed by atoms with Crippen LogP contribution < -0.4 is 0 Å². The molecule has 1 aliphatic rings. The number of nitrogens with zero attached hydrogens (tertiary/aromatic N) is 4. The fraction of sp³-hybridized carbons (Fsp3) is 0.333. The predicted molar refractivity (Wildman–Crippen MR) is 78.8 cm³/mol. The van der Waals surface area contributed by atoms with Gasteiger partial charge in [0.15, 0.2) is 0 Å². The Balaban J connectivity index is 1.58. The second kappa shape index (κ2) is 6.47. The molecule has 8 heteroatoms. The van der Waals surface area contributed by atoms with Crippen molar-refractivity contribution in [3.63, 3.8) is 0 Å². The molecule has 23 heavy (non-hydrogen) atoms. The van der Waals surface area contributed by atoms with E-state index in [1.54, 1.807) is 4.90 Å². The maximum atomic E-state index is 12.1. The molecule has 1 aromatic heterocycles. The molecular weight excluding hydrogens is 300 g/mol. The highest BCUT2D eigenvalue weighted by Gasteiger charge is 2.31. The van der Waals surface area contributed by atoms with Crippen LogP contribution >= 0.6 is 0 Å². The second-order valence-corrected chi connectivity index (χ2v) is 5.26. The summed E-state index contributed by atoms with van der Waals surface area (Å²) in [5.74, 6) is -1.25. The van der Waals surface area contributed by atoms with Crippen molar-refractivity contribution >= 4 is 12.1 Å². The van der Waals surface area contributed by atoms with E-state index in [2.05, 4.69) is 10.1 Å². The van der Waals surface area contributed by atoms with E-state index in [1.165, 1.54) is 11.0 Å². The zero-order chi connectivity index (χ0) is 16.2. The molecule has 0 aliphatic carbocycles. The summed E-state index contributed by atoms with van der Waals surface area (Å²) in [7, 11) is 0. The number of carboxylic acids is 1. The summed E-state index contributed by atoms with van der Waals surface area (Å²) in [6.07, 6.45) is 1.41. The van der Waals surface area contributed by atoms with Crippen LogP contribution in [-0.4, -0.2) is 49.9 Å². The topological polar surface area (TPSA) is 97.5 Å². The molecule has 2 heterocycles. The van der Waals surface area contributed by atoms with Crippen LogP contribution in [0, 0.1) is 0 Å². The first kappa shape index (κ1) is 15.0. The molecule has 1 fully saturated rings. The van der Waals surface area contributed by atoms with Gasteiger partial charge in [0.1, 0.15) is 12.9 Å². The average Bonchev–Trinajstić information content (AvgIpc) is 3.22. The van der Waals surface area contributed by atoms with E-state index in [9.17, 15) is 9.59 Å². The van der Waals surface area contributed by atoms with E-state index in [4.69, 9.17) is 9.84 Å². The Kier molecular flexibility index (Phi) is 4.22. The van der Waals surface area contributed by atoms with Gasteiger partial charge in [0, 0.05) is 13.1 Å². The van der Waals surface area contributed by atoms with Crippen LogP contribution in [0.5, 0.6) is 0 Å². The number of rotatable bonds is 4. The Morgan fingerprint density at radius 3 is 2.83 bits per heavy atom. The van der Waals surface area contributed by atoms with Crippen molar-refractivity contribution in [2.75, 3.05) is 13.1 Å². The van der Waals surface area contributed by atoms with E-state index in [1.807, 2.05) is 30.3 Å². The number of benzene rings is 1. The lowest BCUT2D eigenvalue weighted by Gasteiger charge is -2.16. The van der Waals surface area contributed by atoms with Crippen LogP contribution in [-0.2, 0) is 11.3 Å². The molecular formula is C15H16N4O4. The molecule has 0 spiro atoms. The van der Waals surface area contributed by atoms with Crippen molar-refractivity contribution in [3.05, 3.63) is 48.0 Å². The summed E-state index contributed by atoms with van der Waals surface area (Å²) in [5, 5.41) is 13.0. The summed E-state index contributed by atoms with van der Waals surface area (Å²) in [6.45, 7) is 1.07. The van der Waals surface area contributed by atoms with Gasteiger partial charge in [0.2, 0.25) is 5.82 Å². The van der Waals surface area contributed by atoms with E-state index in [0.717, 1.165) is 5.56 Å². The smallest absolute Gasteiger partial charge is 0.410 e. The first-order valence-electron chi connectivity index (χ1n) is 7.23. The SMILES string of the molecule is O=C(O)c1ncnn1C1CCN(C(=O)OCc2ccccc2)C1. The fourth-order valence-corrected chi connectivity index (χ4v) is 2.59. The molecule has 120 valence electrons. The third-order valence-corrected chi connectivity index (χ3v) is 3.74. The van der Waals surface area contributed by atoms with Gasteiger partial charge in [-0.25, -0.2) is 19.3 Å². The minimum Gasteiger partial charge on any atom is -0.475 e. The fourth-order valence-electron chi connectivity index (χ4n) is 2.59.